The van der Waals surface area contributed by atoms with Gasteiger partial charge >= 0.3 is 5.97 Å². The number of hydrogen-bond acceptors (Lipinski definition) is 15. The van der Waals surface area contributed by atoms with Crippen LogP contribution in [0.2, 0.25) is 0 Å². The van der Waals surface area contributed by atoms with Crippen LogP contribution in [0, 0.1) is 24.7 Å². The summed E-state index contributed by atoms with van der Waals surface area (Å²) in [5, 5.41) is 59.1. The average molecular weight is 889 g/mol. The Labute approximate surface area is 363 Å². The first kappa shape index (κ1) is 51.8. The number of carbonyl (C=O) groups excluding carboxylic acids is 1. The number of sulfonamides is 1. The molecule has 0 saturated carbocycles. The first-order valence-electron chi connectivity index (χ1n) is 21.7. The van der Waals surface area contributed by atoms with Gasteiger partial charge in [0.1, 0.15) is 30.0 Å². The molecule has 3 aliphatic rings. The van der Waals surface area contributed by atoms with Crippen LogP contribution in [-0.2, 0) is 43.2 Å². The summed E-state index contributed by atoms with van der Waals surface area (Å²) in [4.78, 5) is 16.3. The maximum atomic E-state index is 14.4. The maximum Gasteiger partial charge on any atom is 0.311 e. The number of hydrogen-bond donors (Lipinski definition) is 5. The van der Waals surface area contributed by atoms with Gasteiger partial charge in [0.15, 0.2) is 12.6 Å². The van der Waals surface area contributed by atoms with Gasteiger partial charge in [0.25, 0.3) is 0 Å². The number of aliphatic hydroxyl groups excluding tert-OH is 3. The quantitative estimate of drug-likeness (QED) is 0.226. The van der Waals surface area contributed by atoms with Crippen molar-refractivity contribution in [2.24, 2.45) is 17.8 Å². The minimum atomic E-state index is -4.07. The Morgan fingerprint density at radius 1 is 0.934 bits per heavy atom. The highest BCUT2D eigenvalue weighted by Gasteiger charge is 2.53. The molecule has 61 heavy (non-hydrogen) atoms. The van der Waals surface area contributed by atoms with E-state index in [1.54, 1.807) is 74.6 Å². The third kappa shape index (κ3) is 11.3. The van der Waals surface area contributed by atoms with Crippen molar-refractivity contribution in [1.82, 2.24) is 9.21 Å². The van der Waals surface area contributed by atoms with Gasteiger partial charge in [0.2, 0.25) is 10.0 Å². The second-order valence-corrected chi connectivity index (χ2v) is 21.0. The van der Waals surface area contributed by atoms with E-state index in [0.29, 0.717) is 6.54 Å². The topological polar surface area (TPSA) is 214 Å². The second-order valence-electron chi connectivity index (χ2n) is 19.0. The molecule has 0 amide bonds. The molecule has 0 bridgehead atoms. The van der Waals surface area contributed by atoms with Gasteiger partial charge in [-0.1, -0.05) is 38.5 Å². The number of benzene rings is 1. The van der Waals surface area contributed by atoms with Crippen LogP contribution in [0.3, 0.4) is 0 Å². The zero-order valence-electron chi connectivity index (χ0n) is 38.7. The van der Waals surface area contributed by atoms with E-state index in [-0.39, 0.29) is 36.5 Å². The summed E-state index contributed by atoms with van der Waals surface area (Å²) in [5.41, 5.74) is -3.78. The van der Waals surface area contributed by atoms with Crippen LogP contribution in [0.1, 0.15) is 100 Å². The SMILES string of the molecule is CC[C@H]1OC(=O)[C@H](C)[C@@H](OC2C[C@@](C)(OC)[C@@H](O)[C@H](C)O2)[C@H](C)[C@@H](O[C@@H]2O[C@H](C)C[C@H](N(C)S(=O)(=O)c3ccc(C)cc3)[C@H]2O)[C@](C)(O)C[C@@H](C)CN(C)[C@H](C)[C@@H](O)[C@]1(C)O. The van der Waals surface area contributed by atoms with Crippen LogP contribution >= 0.6 is 0 Å². The molecule has 0 radical (unpaired) electrons. The lowest BCUT2D eigenvalue weighted by atomic mass is 9.77. The van der Waals surface area contributed by atoms with E-state index in [4.69, 9.17) is 28.4 Å². The van der Waals surface area contributed by atoms with E-state index in [0.717, 1.165) is 9.87 Å². The Kier molecular flexibility index (Phi) is 17.1. The van der Waals surface area contributed by atoms with Crippen molar-refractivity contribution in [3.8, 4) is 0 Å². The number of esters is 1. The van der Waals surface area contributed by atoms with Crippen LogP contribution in [0.25, 0.3) is 0 Å². The van der Waals surface area contributed by atoms with Crippen molar-refractivity contribution in [3.05, 3.63) is 29.8 Å². The van der Waals surface area contributed by atoms with Gasteiger partial charge in [-0.3, -0.25) is 4.79 Å². The number of likely N-dealkylation sites (N-methyl/N-ethyl adjacent to an activating group) is 2. The Morgan fingerprint density at radius 3 is 2.11 bits per heavy atom. The molecule has 1 unspecified atom stereocenters. The van der Waals surface area contributed by atoms with Gasteiger partial charge in [0, 0.05) is 39.1 Å². The summed E-state index contributed by atoms with van der Waals surface area (Å²) >= 11 is 0. The normalized spacial score (nSPS) is 44.3. The molecular weight excluding hydrogens is 813 g/mol. The first-order chi connectivity index (χ1) is 28.1. The molecule has 3 aliphatic heterocycles. The Hall–Kier alpha value is -1.84. The molecule has 0 spiro atoms. The van der Waals surface area contributed by atoms with Crippen LogP contribution in [0.4, 0.5) is 0 Å². The molecule has 18 atom stereocenters. The molecule has 5 N–H and O–H groups in total. The number of nitrogens with zero attached hydrogens (tertiary/aromatic N) is 2. The molecule has 0 aromatic heterocycles. The average Bonchev–Trinajstić information content (AvgIpc) is 3.18. The Morgan fingerprint density at radius 2 is 1.54 bits per heavy atom. The standard InChI is InChI=1S/C44H76N2O14S/c1-15-33-44(11,52)37(48)29(7)45(12)23-25(3)21-42(9,51)39(27(5)36(28(6)40(50)58-33)59-34-22-43(10,55-14)38(49)30(8)57-34)60-41-35(47)32(20-26(4)56-41)46(13)61(53,54)31-18-16-24(2)17-19-31/h16-19,25-30,32-39,41,47-49,51-52H,15,20-23H2,1-14H3/t25-,26-,27+,28-,29-,30+,32+,33-,34?,35-,36+,37-,38+,39-,41+,42-,43-,44-/m1/s1. The fourth-order valence-corrected chi connectivity index (χ4v) is 11.0. The molecule has 3 heterocycles. The maximum absolute atomic E-state index is 14.4. The van der Waals surface area contributed by atoms with Gasteiger partial charge in [-0.15, -0.1) is 0 Å². The highest BCUT2D eigenvalue weighted by atomic mass is 32.2. The third-order valence-corrected chi connectivity index (χ3v) is 15.6. The summed E-state index contributed by atoms with van der Waals surface area (Å²) in [6.45, 7) is 19.2. The van der Waals surface area contributed by atoms with E-state index in [1.165, 1.54) is 33.2 Å². The molecule has 352 valence electrons. The Balaban J connectivity index is 1.83. The lowest BCUT2D eigenvalue weighted by Crippen LogP contribution is -2.61. The van der Waals surface area contributed by atoms with E-state index < -0.39 is 118 Å². The van der Waals surface area contributed by atoms with E-state index in [9.17, 15) is 38.7 Å². The summed E-state index contributed by atoms with van der Waals surface area (Å²) in [5.74, 6) is -3.03. The zero-order chi connectivity index (χ0) is 46.2. The van der Waals surface area contributed by atoms with Crippen LogP contribution in [0.5, 0.6) is 0 Å². The second kappa shape index (κ2) is 20.1. The minimum Gasteiger partial charge on any atom is -0.459 e. The van der Waals surface area contributed by atoms with Crippen molar-refractivity contribution in [2.45, 2.75) is 197 Å². The predicted molar refractivity (Wildman–Crippen MR) is 227 cm³/mol. The summed E-state index contributed by atoms with van der Waals surface area (Å²) < 4.78 is 66.6. The number of carbonyl (C=O) groups is 1. The molecular formula is C44H76N2O14S. The van der Waals surface area contributed by atoms with Crippen LogP contribution in [-0.4, -0.2) is 167 Å². The van der Waals surface area contributed by atoms with Gasteiger partial charge in [-0.25, -0.2) is 8.42 Å². The third-order valence-electron chi connectivity index (χ3n) is 13.7. The number of methoxy groups -OCH3 is 1. The molecule has 17 heteroatoms. The van der Waals surface area contributed by atoms with Crippen LogP contribution < -0.4 is 0 Å². The predicted octanol–water partition coefficient (Wildman–Crippen LogP) is 2.97. The number of aliphatic hydroxyl groups is 5. The summed E-state index contributed by atoms with van der Waals surface area (Å²) in [6.07, 6.45) is -10.7. The lowest BCUT2D eigenvalue weighted by molar-refractivity contribution is -0.317. The smallest absolute Gasteiger partial charge is 0.311 e. The van der Waals surface area contributed by atoms with Gasteiger partial charge in [-0.2, -0.15) is 4.31 Å². The zero-order valence-corrected chi connectivity index (χ0v) is 39.5. The fourth-order valence-electron chi connectivity index (χ4n) is 9.64. The largest absolute Gasteiger partial charge is 0.459 e. The molecule has 0 aliphatic carbocycles. The fraction of sp³-hybridized carbons (Fsp3) is 0.841. The number of aryl methyl sites for hydroxylation is 1. The van der Waals surface area contributed by atoms with Gasteiger partial charge in [-0.05, 0) is 99.8 Å². The van der Waals surface area contributed by atoms with E-state index in [1.807, 2.05) is 18.7 Å². The summed E-state index contributed by atoms with van der Waals surface area (Å²) in [7, 11) is 0.609. The molecule has 16 nitrogen and oxygen atoms in total. The number of ether oxygens (including phenoxy) is 6. The van der Waals surface area contributed by atoms with Crippen molar-refractivity contribution in [1.29, 1.82) is 0 Å². The van der Waals surface area contributed by atoms with Crippen molar-refractivity contribution >= 4 is 16.0 Å². The van der Waals surface area contributed by atoms with Gasteiger partial charge < -0.3 is 58.9 Å². The summed E-state index contributed by atoms with van der Waals surface area (Å²) in [6, 6.07) is 4.84. The van der Waals surface area contributed by atoms with Crippen molar-refractivity contribution in [2.75, 3.05) is 27.7 Å². The van der Waals surface area contributed by atoms with E-state index in [2.05, 4.69) is 0 Å². The van der Waals surface area contributed by atoms with Crippen LogP contribution in [0.15, 0.2) is 29.2 Å². The van der Waals surface area contributed by atoms with Crippen molar-refractivity contribution < 1.29 is 67.2 Å². The number of cyclic esters (lactones) is 1. The molecule has 4 rings (SSSR count). The molecule has 3 saturated heterocycles. The van der Waals surface area contributed by atoms with Gasteiger partial charge in [0.05, 0.1) is 52.5 Å². The molecule has 1 aromatic rings. The minimum absolute atomic E-state index is 0.0626. The lowest BCUT2D eigenvalue weighted by Gasteiger charge is -2.48. The Bertz CT molecular complexity index is 1700. The first-order valence-corrected chi connectivity index (χ1v) is 23.2. The molecule has 3 fully saturated rings. The highest BCUT2D eigenvalue weighted by molar-refractivity contribution is 7.89. The highest BCUT2D eigenvalue weighted by Crippen LogP contribution is 2.40. The number of rotatable bonds is 9. The van der Waals surface area contributed by atoms with E-state index >= 15 is 0 Å². The van der Waals surface area contributed by atoms with Crippen molar-refractivity contribution in [3.63, 3.8) is 0 Å². The molecule has 1 aromatic carbocycles. The monoisotopic (exact) mass is 889 g/mol.